The van der Waals surface area contributed by atoms with Crippen LogP contribution in [0.5, 0.6) is 11.5 Å². The van der Waals surface area contributed by atoms with Crippen molar-refractivity contribution in [3.63, 3.8) is 0 Å². The zero-order valence-electron chi connectivity index (χ0n) is 14.1. The Labute approximate surface area is 142 Å². The van der Waals surface area contributed by atoms with Crippen LogP contribution in [0.4, 0.5) is 5.69 Å². The molecule has 0 aliphatic heterocycles. The number of amides is 1. The number of benzene rings is 2. The first kappa shape index (κ1) is 17.8. The molecule has 1 atom stereocenters. The molecule has 2 aromatic carbocycles. The number of phenols is 1. The van der Waals surface area contributed by atoms with Crippen LogP contribution in [0.1, 0.15) is 18.1 Å². The second-order valence-corrected chi connectivity index (χ2v) is 5.77. The Morgan fingerprint density at radius 2 is 1.88 bits per heavy atom. The van der Waals surface area contributed by atoms with Gasteiger partial charge >= 0.3 is 0 Å². The standard InChI is InChI=1S/C19H24N2O3/c1-14(11-15-3-6-17(24-2)7-4-15)20-10-9-16-5-8-19(23)18(12-16)21-13-22/h3-8,12-14,20,23H,9-11H2,1-2H3,(H,21,22)/t14-/m1/s1. The number of carbonyl (C=O) groups excluding carboxylic acids is 1. The first-order valence-electron chi connectivity index (χ1n) is 8.00. The molecule has 0 saturated carbocycles. The van der Waals surface area contributed by atoms with E-state index in [1.165, 1.54) is 5.56 Å². The fourth-order valence-corrected chi connectivity index (χ4v) is 2.57. The van der Waals surface area contributed by atoms with E-state index in [4.69, 9.17) is 4.74 Å². The summed E-state index contributed by atoms with van der Waals surface area (Å²) in [6.07, 6.45) is 2.33. The zero-order chi connectivity index (χ0) is 17.4. The van der Waals surface area contributed by atoms with E-state index in [0.29, 0.717) is 18.1 Å². The van der Waals surface area contributed by atoms with E-state index in [9.17, 15) is 9.90 Å². The Morgan fingerprint density at radius 1 is 1.17 bits per heavy atom. The molecule has 0 fully saturated rings. The van der Waals surface area contributed by atoms with Gasteiger partial charge in [-0.05, 0) is 61.7 Å². The molecule has 0 saturated heterocycles. The molecule has 5 nitrogen and oxygen atoms in total. The maximum absolute atomic E-state index is 10.5. The molecule has 0 aliphatic rings. The van der Waals surface area contributed by atoms with Gasteiger partial charge in [0.2, 0.25) is 6.41 Å². The lowest BCUT2D eigenvalue weighted by Gasteiger charge is -2.14. The monoisotopic (exact) mass is 328 g/mol. The molecular weight excluding hydrogens is 304 g/mol. The van der Waals surface area contributed by atoms with Crippen LogP contribution >= 0.6 is 0 Å². The van der Waals surface area contributed by atoms with E-state index in [2.05, 4.69) is 29.7 Å². The minimum atomic E-state index is 0.0756. The van der Waals surface area contributed by atoms with Crippen molar-refractivity contribution < 1.29 is 14.6 Å². The van der Waals surface area contributed by atoms with Crippen LogP contribution in [-0.4, -0.2) is 31.2 Å². The predicted molar refractivity (Wildman–Crippen MR) is 95.7 cm³/mol. The van der Waals surface area contributed by atoms with Crippen molar-refractivity contribution in [3.05, 3.63) is 53.6 Å². The number of ether oxygens (including phenoxy) is 1. The van der Waals surface area contributed by atoms with Gasteiger partial charge in [-0.3, -0.25) is 4.79 Å². The molecule has 0 heterocycles. The summed E-state index contributed by atoms with van der Waals surface area (Å²) in [5, 5.41) is 15.6. The van der Waals surface area contributed by atoms with Crippen molar-refractivity contribution in [3.8, 4) is 11.5 Å². The SMILES string of the molecule is COc1ccc(C[C@@H](C)NCCc2ccc(O)c(NC=O)c2)cc1. The third-order valence-electron chi connectivity index (χ3n) is 3.88. The van der Waals surface area contributed by atoms with Crippen LogP contribution in [0.25, 0.3) is 0 Å². The molecular formula is C19H24N2O3. The van der Waals surface area contributed by atoms with Gasteiger partial charge < -0.3 is 20.5 Å². The smallest absolute Gasteiger partial charge is 0.211 e. The third-order valence-corrected chi connectivity index (χ3v) is 3.88. The first-order valence-corrected chi connectivity index (χ1v) is 8.00. The van der Waals surface area contributed by atoms with E-state index in [1.807, 2.05) is 18.2 Å². The van der Waals surface area contributed by atoms with E-state index in [-0.39, 0.29) is 5.75 Å². The topological polar surface area (TPSA) is 70.6 Å². The molecule has 2 rings (SSSR count). The van der Waals surface area contributed by atoms with Gasteiger partial charge in [0.1, 0.15) is 11.5 Å². The van der Waals surface area contributed by atoms with E-state index < -0.39 is 0 Å². The molecule has 3 N–H and O–H groups in total. The van der Waals surface area contributed by atoms with Gasteiger partial charge in [-0.25, -0.2) is 0 Å². The number of hydrogen-bond acceptors (Lipinski definition) is 4. The minimum Gasteiger partial charge on any atom is -0.506 e. The highest BCUT2D eigenvalue weighted by Crippen LogP contribution is 2.23. The maximum Gasteiger partial charge on any atom is 0.211 e. The Bertz CT molecular complexity index is 656. The van der Waals surface area contributed by atoms with Gasteiger partial charge in [0.05, 0.1) is 12.8 Å². The summed E-state index contributed by atoms with van der Waals surface area (Å²) in [5.74, 6) is 0.943. The molecule has 0 aliphatic carbocycles. The summed E-state index contributed by atoms with van der Waals surface area (Å²) in [5.41, 5.74) is 2.76. The highest BCUT2D eigenvalue weighted by atomic mass is 16.5. The van der Waals surface area contributed by atoms with Crippen molar-refractivity contribution in [2.24, 2.45) is 0 Å². The molecule has 5 heteroatoms. The zero-order valence-corrected chi connectivity index (χ0v) is 14.1. The highest BCUT2D eigenvalue weighted by molar-refractivity contribution is 5.75. The Balaban J connectivity index is 1.80. The Kier molecular flexibility index (Phi) is 6.63. The van der Waals surface area contributed by atoms with Crippen LogP contribution in [0.3, 0.4) is 0 Å². The number of rotatable bonds is 9. The predicted octanol–water partition coefficient (Wildman–Crippen LogP) is 2.73. The van der Waals surface area contributed by atoms with Gasteiger partial charge in [-0.1, -0.05) is 18.2 Å². The Hall–Kier alpha value is -2.53. The summed E-state index contributed by atoms with van der Waals surface area (Å²) in [6.45, 7) is 2.98. The van der Waals surface area contributed by atoms with Crippen LogP contribution in [0, 0.1) is 0 Å². The summed E-state index contributed by atoms with van der Waals surface area (Å²) in [6, 6.07) is 13.7. The van der Waals surface area contributed by atoms with Crippen molar-refractivity contribution in [2.75, 3.05) is 19.0 Å². The van der Waals surface area contributed by atoms with Crippen LogP contribution in [0.15, 0.2) is 42.5 Å². The number of anilines is 1. The average Bonchev–Trinajstić information content (AvgIpc) is 2.58. The molecule has 2 aromatic rings. The lowest BCUT2D eigenvalue weighted by Crippen LogP contribution is -2.29. The van der Waals surface area contributed by atoms with Gasteiger partial charge in [0, 0.05) is 6.04 Å². The number of carbonyl (C=O) groups is 1. The largest absolute Gasteiger partial charge is 0.506 e. The molecule has 0 spiro atoms. The molecule has 0 radical (unpaired) electrons. The normalized spacial score (nSPS) is 11.8. The lowest BCUT2D eigenvalue weighted by molar-refractivity contribution is -0.105. The summed E-state index contributed by atoms with van der Waals surface area (Å²) < 4.78 is 5.16. The molecule has 0 bridgehead atoms. The Morgan fingerprint density at radius 3 is 2.54 bits per heavy atom. The maximum atomic E-state index is 10.5. The van der Waals surface area contributed by atoms with Crippen LogP contribution in [0.2, 0.25) is 0 Å². The lowest BCUT2D eigenvalue weighted by atomic mass is 10.1. The van der Waals surface area contributed by atoms with Gasteiger partial charge in [0.25, 0.3) is 0 Å². The molecule has 1 amide bonds. The highest BCUT2D eigenvalue weighted by Gasteiger charge is 2.05. The van der Waals surface area contributed by atoms with Crippen molar-refractivity contribution >= 4 is 12.1 Å². The third kappa shape index (κ3) is 5.28. The number of nitrogens with one attached hydrogen (secondary N) is 2. The first-order chi connectivity index (χ1) is 11.6. The number of methoxy groups -OCH3 is 1. The second-order valence-electron chi connectivity index (χ2n) is 5.77. The number of aromatic hydroxyl groups is 1. The van der Waals surface area contributed by atoms with Crippen LogP contribution < -0.4 is 15.4 Å². The fraction of sp³-hybridized carbons (Fsp3) is 0.316. The molecule has 0 unspecified atom stereocenters. The van der Waals surface area contributed by atoms with Crippen LogP contribution in [-0.2, 0) is 17.6 Å². The van der Waals surface area contributed by atoms with Gasteiger partial charge in [-0.2, -0.15) is 0 Å². The molecule has 0 aromatic heterocycles. The summed E-state index contributed by atoms with van der Waals surface area (Å²) in [7, 11) is 1.67. The minimum absolute atomic E-state index is 0.0756. The fourth-order valence-electron chi connectivity index (χ4n) is 2.57. The van der Waals surface area contributed by atoms with Crippen molar-refractivity contribution in [1.82, 2.24) is 5.32 Å². The quantitative estimate of drug-likeness (QED) is 0.489. The molecule has 128 valence electrons. The van der Waals surface area contributed by atoms with Gasteiger partial charge in [0.15, 0.2) is 0 Å². The van der Waals surface area contributed by atoms with Crippen molar-refractivity contribution in [2.45, 2.75) is 25.8 Å². The van der Waals surface area contributed by atoms with Gasteiger partial charge in [-0.15, -0.1) is 0 Å². The van der Waals surface area contributed by atoms with Crippen molar-refractivity contribution in [1.29, 1.82) is 0 Å². The van der Waals surface area contributed by atoms with E-state index in [0.717, 1.165) is 30.7 Å². The summed E-state index contributed by atoms with van der Waals surface area (Å²) in [4.78, 5) is 10.5. The molecule has 24 heavy (non-hydrogen) atoms. The number of phenolic OH excluding ortho intramolecular Hbond substituents is 1. The number of hydrogen-bond donors (Lipinski definition) is 3. The van der Waals surface area contributed by atoms with E-state index in [1.54, 1.807) is 19.2 Å². The average molecular weight is 328 g/mol. The summed E-state index contributed by atoms with van der Waals surface area (Å²) >= 11 is 0. The second kappa shape index (κ2) is 8.93. The van der Waals surface area contributed by atoms with E-state index >= 15 is 0 Å².